The highest BCUT2D eigenvalue weighted by atomic mass is 32.1. The summed E-state index contributed by atoms with van der Waals surface area (Å²) in [6, 6.07) is 5.95. The van der Waals surface area contributed by atoms with Crippen LogP contribution in [0.2, 0.25) is 0 Å². The summed E-state index contributed by atoms with van der Waals surface area (Å²) >= 11 is 1.58. The van der Waals surface area contributed by atoms with Gasteiger partial charge in [-0.25, -0.2) is 4.98 Å². The van der Waals surface area contributed by atoms with Gasteiger partial charge in [-0.3, -0.25) is 19.2 Å². The zero-order valence-corrected chi connectivity index (χ0v) is 30.2. The number of esters is 1. The van der Waals surface area contributed by atoms with Crippen molar-refractivity contribution in [3.8, 4) is 10.4 Å². The molecule has 2 heterocycles. The van der Waals surface area contributed by atoms with Crippen LogP contribution in [0.25, 0.3) is 10.4 Å². The predicted octanol–water partition coefficient (Wildman–Crippen LogP) is 5.86. The molecule has 11 heteroatoms. The molecule has 1 fully saturated rings. The number of ether oxygens (including phenoxy) is 1. The summed E-state index contributed by atoms with van der Waals surface area (Å²) < 4.78 is 5.33. The fourth-order valence-corrected chi connectivity index (χ4v) is 6.54. The lowest BCUT2D eigenvalue weighted by Gasteiger charge is -2.35. The lowest BCUT2D eigenvalue weighted by atomic mass is 9.85. The molecular formula is C36H54N4O6S. The molecule has 4 atom stereocenters. The number of unbranched alkanes of at least 4 members (excludes halogenated alkanes) is 4. The number of thiazole rings is 1. The third-order valence-corrected chi connectivity index (χ3v) is 9.24. The summed E-state index contributed by atoms with van der Waals surface area (Å²) in [7, 11) is 0. The van der Waals surface area contributed by atoms with Crippen LogP contribution < -0.4 is 10.6 Å². The zero-order valence-electron chi connectivity index (χ0n) is 29.4. The van der Waals surface area contributed by atoms with E-state index in [0.29, 0.717) is 12.8 Å². The second-order valence-electron chi connectivity index (χ2n) is 14.7. The number of β-amino-alcohol motifs (C(OH)–C–C–N with tert-alkyl or cyclic N) is 1. The Bertz CT molecular complexity index is 1360. The van der Waals surface area contributed by atoms with Gasteiger partial charge >= 0.3 is 5.97 Å². The molecule has 0 spiro atoms. The van der Waals surface area contributed by atoms with E-state index in [1.165, 1.54) is 4.90 Å². The number of aliphatic hydroxyl groups is 1. The first-order valence-electron chi connectivity index (χ1n) is 16.8. The standard InChI is InChI=1S/C36H54N4O6S/c1-23(25-16-18-26(19-17-25)31-24(2)37-22-47-31)38-33(44)28-20-27(41)21-40(28)34(45)32(35(3,4)5)39-29(42)14-12-10-9-11-13-15-30(43)46-36(6,7)8/h16-19,22-23,27-28,32,41H,9-15,20-21H2,1-8H3,(H,38,44)(H,39,42)/t23?,27-,28+,32?/m1/s1. The summed E-state index contributed by atoms with van der Waals surface area (Å²) in [5.41, 5.74) is 3.68. The quantitative estimate of drug-likeness (QED) is 0.169. The van der Waals surface area contributed by atoms with E-state index in [1.54, 1.807) is 11.3 Å². The smallest absolute Gasteiger partial charge is 0.306 e. The topological polar surface area (TPSA) is 138 Å². The minimum atomic E-state index is -0.857. The molecule has 260 valence electrons. The summed E-state index contributed by atoms with van der Waals surface area (Å²) in [6.07, 6.45) is 3.98. The van der Waals surface area contributed by atoms with Gasteiger partial charge in [0.2, 0.25) is 17.7 Å². The molecule has 0 radical (unpaired) electrons. The number of amides is 3. The van der Waals surface area contributed by atoms with Crippen LogP contribution >= 0.6 is 11.3 Å². The normalized spacial score (nSPS) is 18.0. The lowest BCUT2D eigenvalue weighted by molar-refractivity contribution is -0.155. The Hall–Kier alpha value is -3.31. The number of aliphatic hydroxyl groups excluding tert-OH is 1. The number of hydrogen-bond donors (Lipinski definition) is 3. The Kier molecular flexibility index (Phi) is 13.5. The van der Waals surface area contributed by atoms with E-state index in [-0.39, 0.29) is 49.1 Å². The van der Waals surface area contributed by atoms with Crippen LogP contribution in [0.3, 0.4) is 0 Å². The number of aromatic nitrogens is 1. The first kappa shape index (κ1) is 38.1. The van der Waals surface area contributed by atoms with E-state index in [0.717, 1.165) is 47.4 Å². The first-order chi connectivity index (χ1) is 22.0. The fourth-order valence-electron chi connectivity index (χ4n) is 5.73. The van der Waals surface area contributed by atoms with Crippen LogP contribution in [-0.4, -0.2) is 69.0 Å². The largest absolute Gasteiger partial charge is 0.460 e. The Labute approximate surface area is 284 Å². The molecule has 1 aromatic heterocycles. The molecule has 2 aromatic rings. The second kappa shape index (κ2) is 16.7. The van der Waals surface area contributed by atoms with Gasteiger partial charge in [0, 0.05) is 25.8 Å². The lowest BCUT2D eigenvalue weighted by Crippen LogP contribution is -2.57. The summed E-state index contributed by atoms with van der Waals surface area (Å²) in [6.45, 7) is 15.1. The molecule has 1 saturated heterocycles. The van der Waals surface area contributed by atoms with Crippen molar-refractivity contribution in [1.29, 1.82) is 0 Å². The zero-order chi connectivity index (χ0) is 34.9. The number of nitrogens with zero attached hydrogens (tertiary/aromatic N) is 2. The summed E-state index contributed by atoms with van der Waals surface area (Å²) in [4.78, 5) is 59.0. The minimum absolute atomic E-state index is 0.0277. The molecule has 1 aromatic carbocycles. The van der Waals surface area contributed by atoms with E-state index in [9.17, 15) is 24.3 Å². The highest BCUT2D eigenvalue weighted by Gasteiger charge is 2.44. The van der Waals surface area contributed by atoms with Gasteiger partial charge in [-0.05, 0) is 64.0 Å². The van der Waals surface area contributed by atoms with Crippen molar-refractivity contribution in [2.24, 2.45) is 5.41 Å². The van der Waals surface area contributed by atoms with E-state index < -0.39 is 29.2 Å². The van der Waals surface area contributed by atoms with Gasteiger partial charge in [0.1, 0.15) is 17.7 Å². The van der Waals surface area contributed by atoms with Gasteiger partial charge in [-0.1, -0.05) is 64.3 Å². The number of likely N-dealkylation sites (tertiary alicyclic amines) is 1. The van der Waals surface area contributed by atoms with Crippen LogP contribution in [-0.2, 0) is 23.9 Å². The number of hydrogen-bond acceptors (Lipinski definition) is 8. The van der Waals surface area contributed by atoms with Crippen LogP contribution in [0.15, 0.2) is 29.8 Å². The SMILES string of the molecule is Cc1ncsc1-c1ccc(C(C)NC(=O)[C@@H]2C[C@@H](O)CN2C(=O)C(NC(=O)CCCCCCCC(=O)OC(C)(C)C)C(C)(C)C)cc1. The van der Waals surface area contributed by atoms with Gasteiger partial charge in [-0.2, -0.15) is 0 Å². The van der Waals surface area contributed by atoms with Gasteiger partial charge in [0.15, 0.2) is 0 Å². The third kappa shape index (κ3) is 11.7. The number of carbonyl (C=O) groups is 4. The monoisotopic (exact) mass is 670 g/mol. The molecular weight excluding hydrogens is 616 g/mol. The van der Waals surface area contributed by atoms with Gasteiger partial charge < -0.3 is 25.4 Å². The molecule has 47 heavy (non-hydrogen) atoms. The van der Waals surface area contributed by atoms with Crippen LogP contribution in [0, 0.1) is 12.3 Å². The molecule has 3 rings (SSSR count). The molecule has 2 unspecified atom stereocenters. The summed E-state index contributed by atoms with van der Waals surface area (Å²) in [5, 5.41) is 16.5. The maximum atomic E-state index is 13.9. The number of benzene rings is 1. The predicted molar refractivity (Wildman–Crippen MR) is 185 cm³/mol. The first-order valence-corrected chi connectivity index (χ1v) is 17.6. The highest BCUT2D eigenvalue weighted by Crippen LogP contribution is 2.29. The average Bonchev–Trinajstić information content (AvgIpc) is 3.58. The minimum Gasteiger partial charge on any atom is -0.460 e. The van der Waals surface area contributed by atoms with Gasteiger partial charge in [0.05, 0.1) is 28.2 Å². The third-order valence-electron chi connectivity index (χ3n) is 8.26. The molecule has 0 saturated carbocycles. The Balaban J connectivity index is 1.52. The van der Waals surface area contributed by atoms with Crippen molar-refractivity contribution < 1.29 is 29.0 Å². The van der Waals surface area contributed by atoms with Crippen LogP contribution in [0.4, 0.5) is 0 Å². The molecule has 10 nitrogen and oxygen atoms in total. The van der Waals surface area contributed by atoms with Crippen molar-refractivity contribution >= 4 is 35.0 Å². The average molecular weight is 671 g/mol. The Morgan fingerprint density at radius 3 is 2.17 bits per heavy atom. The molecule has 1 aliphatic heterocycles. The van der Waals surface area contributed by atoms with Crippen molar-refractivity contribution in [3.05, 3.63) is 41.0 Å². The van der Waals surface area contributed by atoms with E-state index in [2.05, 4.69) is 15.6 Å². The molecule has 1 aliphatic rings. The Morgan fingerprint density at radius 2 is 1.60 bits per heavy atom. The van der Waals surface area contributed by atoms with E-state index in [4.69, 9.17) is 4.74 Å². The molecule has 3 N–H and O–H groups in total. The maximum Gasteiger partial charge on any atom is 0.306 e. The molecule has 0 aliphatic carbocycles. The van der Waals surface area contributed by atoms with Crippen molar-refractivity contribution in [1.82, 2.24) is 20.5 Å². The number of carbonyl (C=O) groups excluding carboxylic acids is 4. The van der Waals surface area contributed by atoms with E-state index >= 15 is 0 Å². The fraction of sp³-hybridized carbons (Fsp3) is 0.639. The van der Waals surface area contributed by atoms with Gasteiger partial charge in [0.25, 0.3) is 0 Å². The molecule has 3 amide bonds. The van der Waals surface area contributed by atoms with E-state index in [1.807, 2.05) is 85.2 Å². The van der Waals surface area contributed by atoms with Crippen LogP contribution in [0.1, 0.15) is 117 Å². The Morgan fingerprint density at radius 1 is 0.979 bits per heavy atom. The van der Waals surface area contributed by atoms with Gasteiger partial charge in [-0.15, -0.1) is 11.3 Å². The van der Waals surface area contributed by atoms with Crippen molar-refractivity contribution in [2.75, 3.05) is 6.54 Å². The highest BCUT2D eigenvalue weighted by molar-refractivity contribution is 7.13. The second-order valence-corrected chi connectivity index (χ2v) is 15.6. The number of nitrogens with one attached hydrogen (secondary N) is 2. The van der Waals surface area contributed by atoms with Crippen molar-refractivity contribution in [3.63, 3.8) is 0 Å². The van der Waals surface area contributed by atoms with Crippen LogP contribution in [0.5, 0.6) is 0 Å². The number of aryl methyl sites for hydroxylation is 1. The molecule has 0 bridgehead atoms. The maximum absolute atomic E-state index is 13.9. The summed E-state index contributed by atoms with van der Waals surface area (Å²) in [5.74, 6) is -1.13. The van der Waals surface area contributed by atoms with Crippen molar-refractivity contribution in [2.45, 2.75) is 137 Å². The number of rotatable bonds is 14.